The van der Waals surface area contributed by atoms with Gasteiger partial charge in [0.05, 0.1) is 12.5 Å². The molecule has 0 spiro atoms. The van der Waals surface area contributed by atoms with E-state index in [1.165, 1.54) is 0 Å². The molecule has 0 amide bonds. The number of rotatable bonds is 4. The molecule has 0 bridgehead atoms. The molecule has 0 N–H and O–H groups in total. The predicted octanol–water partition coefficient (Wildman–Crippen LogP) is 3.69. The van der Waals surface area contributed by atoms with Crippen LogP contribution in [0.15, 0.2) is 52.9 Å². The van der Waals surface area contributed by atoms with Gasteiger partial charge in [-0.2, -0.15) is 0 Å². The molecule has 3 heterocycles. The first-order valence-corrected chi connectivity index (χ1v) is 9.73. The molecule has 2 aliphatic rings. The first-order valence-electron chi connectivity index (χ1n) is 9.73. The van der Waals surface area contributed by atoms with Crippen LogP contribution in [0.1, 0.15) is 36.3 Å². The zero-order valence-electron chi connectivity index (χ0n) is 16.2. The third kappa shape index (κ3) is 3.21. The van der Waals surface area contributed by atoms with Gasteiger partial charge in [-0.05, 0) is 42.7 Å². The Morgan fingerprint density at radius 1 is 0.966 bits per heavy atom. The monoisotopic (exact) mass is 394 g/mol. The lowest BCUT2D eigenvalue weighted by Gasteiger charge is -2.34. The van der Waals surface area contributed by atoms with Crippen molar-refractivity contribution in [1.29, 1.82) is 0 Å². The topological polar surface area (TPSA) is 75.8 Å². The van der Waals surface area contributed by atoms with Crippen LogP contribution in [0.3, 0.4) is 0 Å². The summed E-state index contributed by atoms with van der Waals surface area (Å²) in [6.45, 7) is 1.61. The lowest BCUT2D eigenvalue weighted by molar-refractivity contribution is 0.0481. The van der Waals surface area contributed by atoms with E-state index in [0.29, 0.717) is 37.4 Å². The van der Waals surface area contributed by atoms with Crippen molar-refractivity contribution >= 4 is 0 Å². The van der Waals surface area contributed by atoms with Crippen LogP contribution in [0.5, 0.6) is 17.2 Å². The Labute approximate surface area is 168 Å². The van der Waals surface area contributed by atoms with Gasteiger partial charge >= 0.3 is 0 Å². The maximum Gasteiger partial charge on any atom is 0.260 e. The van der Waals surface area contributed by atoms with E-state index in [1.54, 1.807) is 7.11 Å². The van der Waals surface area contributed by atoms with Gasteiger partial charge in [-0.25, -0.2) is 0 Å². The minimum absolute atomic E-state index is 0.331. The fourth-order valence-corrected chi connectivity index (χ4v) is 3.96. The molecule has 1 aromatic heterocycles. The summed E-state index contributed by atoms with van der Waals surface area (Å²) in [5.41, 5.74) is 0.728. The summed E-state index contributed by atoms with van der Waals surface area (Å²) in [6.07, 6.45) is 1.11. The van der Waals surface area contributed by atoms with Gasteiger partial charge in [-0.3, -0.25) is 0 Å². The normalized spacial score (nSPS) is 20.2. The highest BCUT2D eigenvalue weighted by Gasteiger charge is 2.42. The van der Waals surface area contributed by atoms with E-state index in [9.17, 15) is 0 Å². The largest absolute Gasteiger partial charge is 0.497 e. The smallest absolute Gasteiger partial charge is 0.260 e. The molecule has 1 fully saturated rings. The minimum atomic E-state index is -0.432. The van der Waals surface area contributed by atoms with Crippen molar-refractivity contribution in [2.75, 3.05) is 26.9 Å². The van der Waals surface area contributed by atoms with Gasteiger partial charge in [0.2, 0.25) is 12.0 Å². The summed E-state index contributed by atoms with van der Waals surface area (Å²) in [6, 6.07) is 15.6. The van der Waals surface area contributed by atoms with E-state index < -0.39 is 6.10 Å². The van der Waals surface area contributed by atoms with E-state index in [0.717, 1.165) is 29.9 Å². The number of para-hydroxylation sites is 2. The molecule has 7 heteroatoms. The maximum atomic E-state index is 6.18. The van der Waals surface area contributed by atoms with E-state index in [-0.39, 0.29) is 5.41 Å². The second-order valence-corrected chi connectivity index (χ2v) is 7.23. The van der Waals surface area contributed by atoms with Crippen molar-refractivity contribution in [3.8, 4) is 17.2 Å². The Hall–Kier alpha value is -3.06. The molecule has 0 aliphatic carbocycles. The summed E-state index contributed by atoms with van der Waals surface area (Å²) < 4.78 is 28.9. The lowest BCUT2D eigenvalue weighted by atomic mass is 9.74. The van der Waals surface area contributed by atoms with E-state index in [2.05, 4.69) is 22.3 Å². The molecular weight excluding hydrogens is 372 g/mol. The van der Waals surface area contributed by atoms with Crippen molar-refractivity contribution in [3.05, 3.63) is 65.9 Å². The second-order valence-electron chi connectivity index (χ2n) is 7.23. The number of nitrogens with zero attached hydrogens (tertiary/aromatic N) is 2. The standard InChI is InChI=1S/C22H22N2O5/c1-25-16-8-6-15(7-9-16)22(10-12-26-13-11-22)21-24-23-20(29-21)19-14-27-17-4-2-3-5-18(17)28-19/h2-9,19H,10-14H2,1H3/t19-/m0/s1. The fourth-order valence-electron chi connectivity index (χ4n) is 3.96. The predicted molar refractivity (Wildman–Crippen MR) is 103 cm³/mol. The molecule has 0 radical (unpaired) electrons. The van der Waals surface area contributed by atoms with Gasteiger partial charge in [-0.1, -0.05) is 24.3 Å². The van der Waals surface area contributed by atoms with Crippen LogP contribution in [-0.4, -0.2) is 37.1 Å². The summed E-state index contributed by atoms with van der Waals surface area (Å²) in [5.74, 6) is 3.23. The van der Waals surface area contributed by atoms with Gasteiger partial charge in [0.15, 0.2) is 11.5 Å². The lowest BCUT2D eigenvalue weighted by Crippen LogP contribution is -2.35. The van der Waals surface area contributed by atoms with Gasteiger partial charge in [-0.15, -0.1) is 10.2 Å². The molecule has 29 heavy (non-hydrogen) atoms. The summed E-state index contributed by atoms with van der Waals surface area (Å²) in [4.78, 5) is 0. The molecule has 7 nitrogen and oxygen atoms in total. The quantitative estimate of drug-likeness (QED) is 0.668. The van der Waals surface area contributed by atoms with Crippen LogP contribution in [-0.2, 0) is 10.2 Å². The molecule has 1 atom stereocenters. The first-order chi connectivity index (χ1) is 14.3. The van der Waals surface area contributed by atoms with Crippen molar-refractivity contribution in [3.63, 3.8) is 0 Å². The van der Waals surface area contributed by atoms with Crippen LogP contribution < -0.4 is 14.2 Å². The number of aromatic nitrogens is 2. The number of hydrogen-bond acceptors (Lipinski definition) is 7. The van der Waals surface area contributed by atoms with Gasteiger partial charge in [0, 0.05) is 13.2 Å². The number of hydrogen-bond donors (Lipinski definition) is 0. The highest BCUT2D eigenvalue weighted by atomic mass is 16.6. The molecule has 0 saturated carbocycles. The second kappa shape index (κ2) is 7.40. The summed E-state index contributed by atoms with van der Waals surface area (Å²) in [7, 11) is 1.66. The van der Waals surface area contributed by atoms with E-state index in [1.807, 2.05) is 36.4 Å². The van der Waals surface area contributed by atoms with Crippen molar-refractivity contribution < 1.29 is 23.4 Å². The van der Waals surface area contributed by atoms with Crippen LogP contribution in [0.4, 0.5) is 0 Å². The fraction of sp³-hybridized carbons (Fsp3) is 0.364. The number of benzene rings is 2. The van der Waals surface area contributed by atoms with Crippen LogP contribution in [0, 0.1) is 0 Å². The van der Waals surface area contributed by atoms with Crippen molar-refractivity contribution in [1.82, 2.24) is 10.2 Å². The average molecular weight is 394 g/mol. The van der Waals surface area contributed by atoms with Gasteiger partial charge in [0.25, 0.3) is 5.89 Å². The third-order valence-electron chi connectivity index (χ3n) is 5.62. The number of fused-ring (bicyclic) bond motifs is 1. The molecule has 150 valence electrons. The zero-order chi connectivity index (χ0) is 19.7. The van der Waals surface area contributed by atoms with Crippen LogP contribution in [0.2, 0.25) is 0 Å². The molecule has 0 unspecified atom stereocenters. The Kier molecular flexibility index (Phi) is 4.60. The van der Waals surface area contributed by atoms with Crippen LogP contribution in [0.25, 0.3) is 0 Å². The van der Waals surface area contributed by atoms with Gasteiger partial charge in [0.1, 0.15) is 12.4 Å². The minimum Gasteiger partial charge on any atom is -0.497 e. The zero-order valence-corrected chi connectivity index (χ0v) is 16.2. The van der Waals surface area contributed by atoms with Crippen LogP contribution >= 0.6 is 0 Å². The highest BCUT2D eigenvalue weighted by molar-refractivity contribution is 5.41. The van der Waals surface area contributed by atoms with Crippen molar-refractivity contribution in [2.24, 2.45) is 0 Å². The Balaban J connectivity index is 1.46. The Morgan fingerprint density at radius 2 is 1.72 bits per heavy atom. The molecule has 2 aromatic carbocycles. The SMILES string of the molecule is COc1ccc(C2(c3nnc([C@@H]4COc5ccccc5O4)o3)CCOCC2)cc1. The van der Waals surface area contributed by atoms with E-state index >= 15 is 0 Å². The first kappa shape index (κ1) is 18.0. The Morgan fingerprint density at radius 3 is 2.48 bits per heavy atom. The summed E-state index contributed by atoms with van der Waals surface area (Å²) in [5, 5.41) is 8.73. The maximum absolute atomic E-state index is 6.18. The highest BCUT2D eigenvalue weighted by Crippen LogP contribution is 2.42. The molecule has 2 aliphatic heterocycles. The Bertz CT molecular complexity index is 979. The molecule has 3 aromatic rings. The third-order valence-corrected chi connectivity index (χ3v) is 5.62. The number of methoxy groups -OCH3 is 1. The van der Waals surface area contributed by atoms with Gasteiger partial charge < -0.3 is 23.4 Å². The van der Waals surface area contributed by atoms with Crippen molar-refractivity contribution in [2.45, 2.75) is 24.4 Å². The molecule has 5 rings (SSSR count). The number of ether oxygens (including phenoxy) is 4. The summed E-state index contributed by atoms with van der Waals surface area (Å²) >= 11 is 0. The molecule has 1 saturated heterocycles. The molecular formula is C22H22N2O5. The average Bonchev–Trinajstić information content (AvgIpc) is 3.30. The van der Waals surface area contributed by atoms with E-state index in [4.69, 9.17) is 23.4 Å².